The van der Waals surface area contributed by atoms with Gasteiger partial charge in [-0.25, -0.2) is 14.0 Å². The van der Waals surface area contributed by atoms with Crippen molar-refractivity contribution in [2.75, 3.05) is 11.9 Å². The number of benzene rings is 1. The van der Waals surface area contributed by atoms with Crippen LogP contribution in [0.2, 0.25) is 5.02 Å². The van der Waals surface area contributed by atoms with Crippen molar-refractivity contribution >= 4 is 29.3 Å². The Bertz CT molecular complexity index is 554. The summed E-state index contributed by atoms with van der Waals surface area (Å²) in [6.07, 6.45) is -0.940. The van der Waals surface area contributed by atoms with E-state index in [2.05, 4.69) is 5.32 Å². The molecule has 2 amide bonds. The average Bonchev–Trinajstić information content (AvgIpc) is 2.76. The van der Waals surface area contributed by atoms with Gasteiger partial charge in [-0.15, -0.1) is 0 Å². The Morgan fingerprint density at radius 3 is 2.80 bits per heavy atom. The highest BCUT2D eigenvalue weighted by Crippen LogP contribution is 2.25. The first-order valence-electron chi connectivity index (χ1n) is 5.82. The second-order valence-electron chi connectivity index (χ2n) is 4.45. The number of aliphatic hydroxyl groups excluding tert-OH is 1. The average molecular weight is 303 g/mol. The normalized spacial score (nSPS) is 21.9. The topological polar surface area (TPSA) is 89.9 Å². The molecular formula is C12H12ClFN2O4. The number of carboxylic acids is 1. The van der Waals surface area contributed by atoms with Crippen molar-refractivity contribution in [2.45, 2.75) is 18.6 Å². The molecule has 3 N–H and O–H groups in total. The van der Waals surface area contributed by atoms with Crippen LogP contribution in [0, 0.1) is 5.82 Å². The van der Waals surface area contributed by atoms with E-state index < -0.39 is 30.0 Å². The summed E-state index contributed by atoms with van der Waals surface area (Å²) in [7, 11) is 0. The van der Waals surface area contributed by atoms with Gasteiger partial charge < -0.3 is 20.4 Å². The lowest BCUT2D eigenvalue weighted by Gasteiger charge is -2.21. The first kappa shape index (κ1) is 14.5. The lowest BCUT2D eigenvalue weighted by Crippen LogP contribution is -2.43. The van der Waals surface area contributed by atoms with Gasteiger partial charge in [0, 0.05) is 13.0 Å². The van der Waals surface area contributed by atoms with Gasteiger partial charge in [-0.2, -0.15) is 0 Å². The van der Waals surface area contributed by atoms with Crippen molar-refractivity contribution in [3.63, 3.8) is 0 Å². The van der Waals surface area contributed by atoms with Crippen molar-refractivity contribution in [3.05, 3.63) is 29.0 Å². The Morgan fingerprint density at radius 2 is 2.15 bits per heavy atom. The van der Waals surface area contributed by atoms with Crippen LogP contribution in [0.3, 0.4) is 0 Å². The Hall–Kier alpha value is -1.86. The monoisotopic (exact) mass is 302 g/mol. The molecule has 8 heteroatoms. The molecule has 0 saturated carbocycles. The van der Waals surface area contributed by atoms with Crippen LogP contribution in [0.15, 0.2) is 18.2 Å². The number of hydrogen-bond donors (Lipinski definition) is 3. The molecule has 1 fully saturated rings. The number of anilines is 1. The van der Waals surface area contributed by atoms with Crippen LogP contribution in [0.25, 0.3) is 0 Å². The second kappa shape index (κ2) is 5.64. The zero-order chi connectivity index (χ0) is 14.9. The fraction of sp³-hybridized carbons (Fsp3) is 0.333. The van der Waals surface area contributed by atoms with Gasteiger partial charge in [0.1, 0.15) is 11.9 Å². The molecule has 0 aliphatic carbocycles. The van der Waals surface area contributed by atoms with E-state index in [1.165, 1.54) is 6.07 Å². The number of likely N-dealkylation sites (tertiary alicyclic amines) is 1. The van der Waals surface area contributed by atoms with Crippen molar-refractivity contribution in [2.24, 2.45) is 0 Å². The standard InChI is InChI=1S/C12H12ClFN2O4/c13-8-2-1-6(14)3-9(8)15-12(20)16-5-7(17)4-10(16)11(18)19/h1-3,7,10,17H,4-5H2,(H,15,20)(H,18,19)/t7-,10-/m1/s1. The number of rotatable bonds is 2. The molecule has 0 bridgehead atoms. The van der Waals surface area contributed by atoms with Gasteiger partial charge in [-0.05, 0) is 18.2 Å². The van der Waals surface area contributed by atoms with Crippen LogP contribution in [0.1, 0.15) is 6.42 Å². The first-order chi connectivity index (χ1) is 9.38. The number of hydrogen-bond acceptors (Lipinski definition) is 3. The van der Waals surface area contributed by atoms with Gasteiger partial charge in [-0.1, -0.05) is 11.6 Å². The van der Waals surface area contributed by atoms with E-state index in [1.807, 2.05) is 0 Å². The first-order valence-corrected chi connectivity index (χ1v) is 6.20. The number of urea groups is 1. The third-order valence-electron chi connectivity index (χ3n) is 2.99. The summed E-state index contributed by atoms with van der Waals surface area (Å²) in [5.74, 6) is -1.79. The molecule has 1 aliphatic rings. The van der Waals surface area contributed by atoms with E-state index in [0.717, 1.165) is 17.0 Å². The Morgan fingerprint density at radius 1 is 1.45 bits per heavy atom. The number of carbonyl (C=O) groups excluding carboxylic acids is 1. The minimum absolute atomic E-state index is 0.0420. The van der Waals surface area contributed by atoms with Gasteiger partial charge in [-0.3, -0.25) is 0 Å². The van der Waals surface area contributed by atoms with Gasteiger partial charge in [0.2, 0.25) is 0 Å². The molecule has 1 saturated heterocycles. The van der Waals surface area contributed by atoms with E-state index in [1.54, 1.807) is 0 Å². The number of amides is 2. The highest BCUT2D eigenvalue weighted by molar-refractivity contribution is 6.33. The number of nitrogens with one attached hydrogen (secondary N) is 1. The van der Waals surface area contributed by atoms with Gasteiger partial charge in [0.05, 0.1) is 16.8 Å². The minimum Gasteiger partial charge on any atom is -0.480 e. The molecular weight excluding hydrogens is 291 g/mol. The van der Waals surface area contributed by atoms with Crippen molar-refractivity contribution in [3.8, 4) is 0 Å². The van der Waals surface area contributed by atoms with Gasteiger partial charge >= 0.3 is 12.0 Å². The number of carbonyl (C=O) groups is 2. The number of aliphatic hydroxyl groups is 1. The van der Waals surface area contributed by atoms with Crippen LogP contribution in [-0.4, -0.2) is 45.8 Å². The van der Waals surface area contributed by atoms with Crippen LogP contribution < -0.4 is 5.32 Å². The summed E-state index contributed by atoms with van der Waals surface area (Å²) in [5, 5.41) is 20.9. The fourth-order valence-electron chi connectivity index (χ4n) is 2.05. The molecule has 2 rings (SSSR count). The smallest absolute Gasteiger partial charge is 0.326 e. The number of halogens is 2. The predicted octanol–water partition coefficient (Wildman–Crippen LogP) is 1.53. The summed E-state index contributed by atoms with van der Waals surface area (Å²) in [6.45, 7) is -0.101. The number of nitrogens with zero attached hydrogens (tertiary/aromatic N) is 1. The molecule has 2 atom stereocenters. The van der Waals surface area contributed by atoms with Crippen LogP contribution in [0.5, 0.6) is 0 Å². The van der Waals surface area contributed by atoms with E-state index in [4.69, 9.17) is 16.7 Å². The predicted molar refractivity (Wildman–Crippen MR) is 69.2 cm³/mol. The fourth-order valence-corrected chi connectivity index (χ4v) is 2.22. The van der Waals surface area contributed by atoms with Gasteiger partial charge in [0.15, 0.2) is 0 Å². The number of carboxylic acid groups (broad SMARTS) is 1. The molecule has 20 heavy (non-hydrogen) atoms. The molecule has 1 heterocycles. The van der Waals surface area contributed by atoms with Crippen LogP contribution in [-0.2, 0) is 4.79 Å². The van der Waals surface area contributed by atoms with Crippen molar-refractivity contribution in [1.29, 1.82) is 0 Å². The molecule has 0 aromatic heterocycles. The summed E-state index contributed by atoms with van der Waals surface area (Å²) < 4.78 is 13.1. The third kappa shape index (κ3) is 3.00. The zero-order valence-corrected chi connectivity index (χ0v) is 11.0. The maximum atomic E-state index is 13.1. The molecule has 6 nitrogen and oxygen atoms in total. The Labute approximate surface area is 118 Å². The van der Waals surface area contributed by atoms with E-state index in [0.29, 0.717) is 0 Å². The van der Waals surface area contributed by atoms with E-state index in [9.17, 15) is 19.1 Å². The molecule has 0 spiro atoms. The summed E-state index contributed by atoms with van der Waals surface area (Å²) >= 11 is 5.81. The van der Waals surface area contributed by atoms with Crippen LogP contribution in [0.4, 0.5) is 14.9 Å². The Kier molecular flexibility index (Phi) is 4.10. The summed E-state index contributed by atoms with van der Waals surface area (Å²) in [5.41, 5.74) is 0.0437. The zero-order valence-electron chi connectivity index (χ0n) is 10.2. The highest BCUT2D eigenvalue weighted by atomic mass is 35.5. The molecule has 0 radical (unpaired) electrons. The minimum atomic E-state index is -1.21. The maximum absolute atomic E-state index is 13.1. The molecule has 1 aliphatic heterocycles. The molecule has 108 valence electrons. The summed E-state index contributed by atoms with van der Waals surface area (Å²) in [4.78, 5) is 24.0. The largest absolute Gasteiger partial charge is 0.480 e. The quantitative estimate of drug-likeness (QED) is 0.773. The number of aliphatic carboxylic acids is 1. The lowest BCUT2D eigenvalue weighted by atomic mass is 10.2. The molecule has 1 aromatic rings. The van der Waals surface area contributed by atoms with Crippen molar-refractivity contribution in [1.82, 2.24) is 4.90 Å². The molecule has 1 aromatic carbocycles. The Balaban J connectivity index is 2.15. The van der Waals surface area contributed by atoms with Crippen LogP contribution >= 0.6 is 11.6 Å². The SMILES string of the molecule is O=C(O)[C@H]1C[C@@H](O)CN1C(=O)Nc1cc(F)ccc1Cl. The third-order valence-corrected chi connectivity index (χ3v) is 3.32. The lowest BCUT2D eigenvalue weighted by molar-refractivity contribution is -0.141. The van der Waals surface area contributed by atoms with E-state index >= 15 is 0 Å². The number of β-amino-alcohol motifs (C(OH)–C–C–N with tert-alkyl or cyclic N) is 1. The van der Waals surface area contributed by atoms with E-state index in [-0.39, 0.29) is 23.7 Å². The summed E-state index contributed by atoms with van der Waals surface area (Å²) in [6, 6.07) is 1.58. The maximum Gasteiger partial charge on any atom is 0.326 e. The highest BCUT2D eigenvalue weighted by Gasteiger charge is 2.39. The molecule has 0 unspecified atom stereocenters. The second-order valence-corrected chi connectivity index (χ2v) is 4.86. The van der Waals surface area contributed by atoms with Crippen molar-refractivity contribution < 1.29 is 24.2 Å². The van der Waals surface area contributed by atoms with Gasteiger partial charge in [0.25, 0.3) is 0 Å².